The molecule has 1 aromatic heterocycles. The molecule has 2 N–H and O–H groups in total. The SMILES string of the molecule is CC=C1C(C)(C(OC=O)c2cc[nH]c2)CCC2C3(C)C=CC(=O)C(C)(C)C3CC(OC(C)O)C12C. The lowest BCUT2D eigenvalue weighted by Gasteiger charge is -2.67. The van der Waals surface area contributed by atoms with Crippen molar-refractivity contribution in [2.45, 2.75) is 86.2 Å². The van der Waals surface area contributed by atoms with Crippen molar-refractivity contribution in [1.82, 2.24) is 4.98 Å². The van der Waals surface area contributed by atoms with Gasteiger partial charge < -0.3 is 19.6 Å². The lowest BCUT2D eigenvalue weighted by Crippen LogP contribution is -2.64. The second-order valence-electron chi connectivity index (χ2n) is 12.0. The Balaban J connectivity index is 1.89. The number of hydrogen-bond acceptors (Lipinski definition) is 5. The summed E-state index contributed by atoms with van der Waals surface area (Å²) in [4.78, 5) is 27.7. The monoisotopic (exact) mass is 483 g/mol. The van der Waals surface area contributed by atoms with E-state index in [4.69, 9.17) is 9.47 Å². The van der Waals surface area contributed by atoms with Crippen LogP contribution in [0, 0.1) is 33.5 Å². The number of hydrogen-bond donors (Lipinski definition) is 2. The number of aliphatic hydroxyl groups is 1. The Labute approximate surface area is 209 Å². The molecule has 3 aliphatic rings. The Morgan fingerprint density at radius 3 is 2.49 bits per heavy atom. The van der Waals surface area contributed by atoms with E-state index in [1.165, 1.54) is 5.57 Å². The standard InChI is InChI=1S/C29H41NO5/c1-8-20-28(6,25(34-17-31)19-11-14-30-16-19)12-9-21-27(5)13-10-23(33)26(3,4)22(27)15-24(29(20,21)7)35-18(2)32/h8,10-11,13-14,16-18,21-22,24-25,30,32H,9,12,15H2,1-7H3. The summed E-state index contributed by atoms with van der Waals surface area (Å²) in [6, 6.07) is 1.96. The van der Waals surface area contributed by atoms with Gasteiger partial charge in [0, 0.05) is 34.2 Å². The molecule has 6 nitrogen and oxygen atoms in total. The van der Waals surface area contributed by atoms with Crippen LogP contribution in [0.25, 0.3) is 0 Å². The molecule has 1 heterocycles. The molecule has 8 unspecified atom stereocenters. The minimum absolute atomic E-state index is 0.0866. The summed E-state index contributed by atoms with van der Waals surface area (Å²) >= 11 is 0. The van der Waals surface area contributed by atoms with Gasteiger partial charge in [0.05, 0.1) is 6.10 Å². The number of nitrogens with one attached hydrogen (secondary N) is 1. The lowest BCUT2D eigenvalue weighted by atomic mass is 9.38. The molecule has 192 valence electrons. The molecule has 6 heteroatoms. The first-order valence-electron chi connectivity index (χ1n) is 12.8. The van der Waals surface area contributed by atoms with E-state index in [-0.39, 0.29) is 29.1 Å². The van der Waals surface area contributed by atoms with E-state index in [2.05, 4.69) is 37.9 Å². The van der Waals surface area contributed by atoms with Crippen LogP contribution in [0.3, 0.4) is 0 Å². The Morgan fingerprint density at radius 2 is 1.91 bits per heavy atom. The van der Waals surface area contributed by atoms with Gasteiger partial charge in [0.2, 0.25) is 0 Å². The summed E-state index contributed by atoms with van der Waals surface area (Å²) in [5.74, 6) is 0.421. The zero-order chi connectivity index (χ0) is 25.8. The van der Waals surface area contributed by atoms with Crippen LogP contribution in [0.5, 0.6) is 0 Å². The highest BCUT2D eigenvalue weighted by molar-refractivity contribution is 5.95. The number of H-pyrrole nitrogens is 1. The van der Waals surface area contributed by atoms with E-state index in [1.54, 1.807) is 13.0 Å². The second-order valence-corrected chi connectivity index (χ2v) is 12.0. The number of allylic oxidation sites excluding steroid dienone is 3. The molecule has 4 rings (SSSR count). The molecular formula is C29H41NO5. The molecule has 0 bridgehead atoms. The second kappa shape index (κ2) is 8.74. The first-order chi connectivity index (χ1) is 16.4. The maximum absolute atomic E-state index is 13.0. The lowest BCUT2D eigenvalue weighted by molar-refractivity contribution is -0.225. The first kappa shape index (κ1) is 25.9. The number of rotatable bonds is 6. The predicted octanol–water partition coefficient (Wildman–Crippen LogP) is 5.51. The maximum atomic E-state index is 13.0. The first-order valence-corrected chi connectivity index (χ1v) is 12.8. The van der Waals surface area contributed by atoms with Gasteiger partial charge in [-0.15, -0.1) is 0 Å². The van der Waals surface area contributed by atoms with Gasteiger partial charge in [0.1, 0.15) is 6.10 Å². The molecule has 0 saturated heterocycles. The van der Waals surface area contributed by atoms with E-state index < -0.39 is 28.6 Å². The van der Waals surface area contributed by atoms with Gasteiger partial charge >= 0.3 is 0 Å². The van der Waals surface area contributed by atoms with Crippen molar-refractivity contribution in [1.29, 1.82) is 0 Å². The van der Waals surface area contributed by atoms with Crippen LogP contribution in [0.1, 0.15) is 79.4 Å². The van der Waals surface area contributed by atoms with Crippen LogP contribution in [0.15, 0.2) is 42.3 Å². The summed E-state index contributed by atoms with van der Waals surface area (Å²) in [6.07, 6.45) is 10.5. The minimum Gasteiger partial charge on any atom is -0.459 e. The Morgan fingerprint density at radius 1 is 1.20 bits per heavy atom. The van der Waals surface area contributed by atoms with Crippen LogP contribution >= 0.6 is 0 Å². The van der Waals surface area contributed by atoms with Crippen molar-refractivity contribution < 1.29 is 24.2 Å². The van der Waals surface area contributed by atoms with Crippen molar-refractivity contribution in [3.8, 4) is 0 Å². The van der Waals surface area contributed by atoms with E-state index in [1.807, 2.05) is 39.2 Å². The summed E-state index contributed by atoms with van der Waals surface area (Å²) < 4.78 is 12.1. The number of aliphatic hydroxyl groups excluding tert-OH is 1. The highest BCUT2D eigenvalue weighted by Crippen LogP contribution is 2.71. The topological polar surface area (TPSA) is 88.6 Å². The fraction of sp³-hybridized carbons (Fsp3) is 0.655. The number of carbonyl (C=O) groups excluding carboxylic acids is 2. The third-order valence-corrected chi connectivity index (χ3v) is 9.94. The molecule has 2 saturated carbocycles. The highest BCUT2D eigenvalue weighted by atomic mass is 16.6. The molecular weight excluding hydrogens is 442 g/mol. The summed E-state index contributed by atoms with van der Waals surface area (Å²) in [6.45, 7) is 15.1. The molecule has 0 aliphatic heterocycles. The zero-order valence-corrected chi connectivity index (χ0v) is 22.1. The number of ketones is 1. The third-order valence-electron chi connectivity index (χ3n) is 9.94. The molecule has 8 atom stereocenters. The molecule has 2 fully saturated rings. The largest absolute Gasteiger partial charge is 0.459 e. The van der Waals surface area contributed by atoms with Crippen molar-refractivity contribution in [2.24, 2.45) is 33.5 Å². The zero-order valence-electron chi connectivity index (χ0n) is 22.1. The molecule has 0 aromatic carbocycles. The van der Waals surface area contributed by atoms with Crippen LogP contribution in [0.4, 0.5) is 0 Å². The normalized spacial score (nSPS) is 41.1. The quantitative estimate of drug-likeness (QED) is 0.316. The summed E-state index contributed by atoms with van der Waals surface area (Å²) in [5.41, 5.74) is 0.481. The van der Waals surface area contributed by atoms with E-state index in [0.717, 1.165) is 18.4 Å². The summed E-state index contributed by atoms with van der Waals surface area (Å²) in [5, 5.41) is 10.4. The van der Waals surface area contributed by atoms with E-state index in [0.29, 0.717) is 12.9 Å². The van der Waals surface area contributed by atoms with Crippen LogP contribution in [0.2, 0.25) is 0 Å². The average molecular weight is 484 g/mol. The Bertz CT molecular complexity index is 1020. The fourth-order valence-electron chi connectivity index (χ4n) is 8.44. The van der Waals surface area contributed by atoms with Crippen LogP contribution in [-0.2, 0) is 19.1 Å². The van der Waals surface area contributed by atoms with Crippen molar-refractivity contribution >= 4 is 12.3 Å². The Hall–Kier alpha value is -2.18. The van der Waals surface area contributed by atoms with Crippen LogP contribution in [-0.4, -0.2) is 34.7 Å². The molecule has 1 aromatic rings. The molecule has 3 aliphatic carbocycles. The maximum Gasteiger partial charge on any atom is 0.293 e. The van der Waals surface area contributed by atoms with Gasteiger partial charge in [0.15, 0.2) is 12.1 Å². The van der Waals surface area contributed by atoms with Gasteiger partial charge in [-0.05, 0) is 62.5 Å². The number of aromatic nitrogens is 1. The minimum atomic E-state index is -0.933. The van der Waals surface area contributed by atoms with Crippen molar-refractivity contribution in [2.75, 3.05) is 0 Å². The fourth-order valence-corrected chi connectivity index (χ4v) is 8.44. The van der Waals surface area contributed by atoms with Gasteiger partial charge in [-0.25, -0.2) is 0 Å². The molecule has 0 amide bonds. The summed E-state index contributed by atoms with van der Waals surface area (Å²) in [7, 11) is 0. The number of ether oxygens (including phenoxy) is 2. The molecule has 35 heavy (non-hydrogen) atoms. The Kier molecular flexibility index (Phi) is 6.46. The van der Waals surface area contributed by atoms with Crippen LogP contribution < -0.4 is 0 Å². The van der Waals surface area contributed by atoms with Crippen molar-refractivity contribution in [3.63, 3.8) is 0 Å². The van der Waals surface area contributed by atoms with Crippen molar-refractivity contribution in [3.05, 3.63) is 47.8 Å². The van der Waals surface area contributed by atoms with E-state index >= 15 is 0 Å². The van der Waals surface area contributed by atoms with Gasteiger partial charge in [-0.1, -0.05) is 52.3 Å². The highest BCUT2D eigenvalue weighted by Gasteiger charge is 2.67. The smallest absolute Gasteiger partial charge is 0.293 e. The number of fused-ring (bicyclic) bond motifs is 3. The van der Waals surface area contributed by atoms with Gasteiger partial charge in [0.25, 0.3) is 6.47 Å². The van der Waals surface area contributed by atoms with E-state index in [9.17, 15) is 14.7 Å². The number of aromatic amines is 1. The molecule has 0 spiro atoms. The third kappa shape index (κ3) is 3.67. The van der Waals surface area contributed by atoms with Gasteiger partial charge in [-0.3, -0.25) is 9.59 Å². The predicted molar refractivity (Wildman–Crippen MR) is 134 cm³/mol. The molecule has 0 radical (unpaired) electrons. The number of carbonyl (C=O) groups is 2. The average Bonchev–Trinajstić information content (AvgIpc) is 3.30. The van der Waals surface area contributed by atoms with Gasteiger partial charge in [-0.2, -0.15) is 0 Å².